The van der Waals surface area contributed by atoms with Gasteiger partial charge in [-0.1, -0.05) is 154 Å². The molecule has 1 fully saturated rings. The topological polar surface area (TPSA) is 44.5 Å². The molecule has 0 radical (unpaired) electrons. The monoisotopic (exact) mass is 635 g/mol. The van der Waals surface area contributed by atoms with Crippen molar-refractivity contribution in [1.82, 2.24) is 4.98 Å². The van der Waals surface area contributed by atoms with Gasteiger partial charge in [-0.3, -0.25) is 0 Å². The zero-order chi connectivity index (χ0) is 32.3. The van der Waals surface area contributed by atoms with Crippen LogP contribution in [0.5, 0.6) is 5.75 Å². The van der Waals surface area contributed by atoms with Crippen molar-refractivity contribution in [2.24, 2.45) is 5.92 Å². The molecule has 0 spiro atoms. The van der Waals surface area contributed by atoms with E-state index >= 15 is 0 Å². The lowest BCUT2D eigenvalue weighted by Crippen LogP contribution is -2.68. The summed E-state index contributed by atoms with van der Waals surface area (Å²) >= 11 is 0. The largest absolute Gasteiger partial charge is 0.534 e. The highest BCUT2D eigenvalue weighted by molar-refractivity contribution is 7.00. The van der Waals surface area contributed by atoms with E-state index in [4.69, 9.17) is 18.6 Å². The SMILES string of the molecule is CC(C)(C)[Si](Oc1cccc(CC2CCOC2c2nc(-c3ccccc3)c(-c3ccccc3)o2)c1)(c1ccccc1)c1ccccc1. The third-order valence-electron chi connectivity index (χ3n) is 9.27. The van der Waals surface area contributed by atoms with Crippen molar-refractivity contribution in [3.63, 3.8) is 0 Å². The van der Waals surface area contributed by atoms with Gasteiger partial charge in [-0.05, 0) is 45.9 Å². The third-order valence-corrected chi connectivity index (χ3v) is 14.2. The highest BCUT2D eigenvalue weighted by atomic mass is 28.4. The van der Waals surface area contributed by atoms with E-state index in [9.17, 15) is 0 Å². The van der Waals surface area contributed by atoms with Gasteiger partial charge >= 0.3 is 8.32 Å². The molecule has 1 aliphatic heterocycles. The lowest BCUT2D eigenvalue weighted by molar-refractivity contribution is 0.0684. The Balaban J connectivity index is 1.20. The van der Waals surface area contributed by atoms with E-state index in [0.29, 0.717) is 12.5 Å². The minimum Gasteiger partial charge on any atom is -0.534 e. The summed E-state index contributed by atoms with van der Waals surface area (Å²) in [6, 6.07) is 50.7. The Morgan fingerprint density at radius 2 is 1.28 bits per heavy atom. The molecular weight excluding hydrogens is 595 g/mol. The second kappa shape index (κ2) is 13.2. The molecule has 5 aromatic carbocycles. The van der Waals surface area contributed by atoms with E-state index < -0.39 is 8.32 Å². The van der Waals surface area contributed by atoms with Crippen LogP contribution in [0.1, 0.15) is 44.8 Å². The molecule has 2 atom stereocenters. The molecule has 0 N–H and O–H groups in total. The van der Waals surface area contributed by atoms with Crippen molar-refractivity contribution < 1.29 is 13.6 Å². The summed E-state index contributed by atoms with van der Waals surface area (Å²) in [5.41, 5.74) is 4.11. The molecule has 7 rings (SSSR count). The Bertz CT molecular complexity index is 1800. The molecule has 4 nitrogen and oxygen atoms in total. The maximum atomic E-state index is 7.35. The molecule has 2 heterocycles. The summed E-state index contributed by atoms with van der Waals surface area (Å²) < 4.78 is 20.3. The molecule has 0 amide bonds. The van der Waals surface area contributed by atoms with Gasteiger partial charge in [0.15, 0.2) is 5.76 Å². The second-order valence-corrected chi connectivity index (χ2v) is 17.6. The second-order valence-electron chi connectivity index (χ2n) is 13.4. The van der Waals surface area contributed by atoms with E-state index in [-0.39, 0.29) is 17.1 Å². The fourth-order valence-electron chi connectivity index (χ4n) is 7.02. The van der Waals surface area contributed by atoms with E-state index in [1.807, 2.05) is 36.4 Å². The number of aromatic nitrogens is 1. The van der Waals surface area contributed by atoms with Crippen molar-refractivity contribution in [2.75, 3.05) is 6.61 Å². The van der Waals surface area contributed by atoms with Crippen molar-refractivity contribution in [2.45, 2.75) is 44.8 Å². The average Bonchev–Trinajstić information content (AvgIpc) is 3.76. The quantitative estimate of drug-likeness (QED) is 0.149. The van der Waals surface area contributed by atoms with Crippen LogP contribution in [0.4, 0.5) is 0 Å². The van der Waals surface area contributed by atoms with Crippen LogP contribution >= 0.6 is 0 Å². The van der Waals surface area contributed by atoms with Gasteiger partial charge in [-0.25, -0.2) is 4.98 Å². The van der Waals surface area contributed by atoms with E-state index in [1.54, 1.807) is 0 Å². The highest BCUT2D eigenvalue weighted by Crippen LogP contribution is 2.42. The minimum atomic E-state index is -2.74. The molecule has 6 aromatic rings. The van der Waals surface area contributed by atoms with Gasteiger partial charge in [0.2, 0.25) is 5.89 Å². The van der Waals surface area contributed by atoms with Gasteiger partial charge in [0.25, 0.3) is 0 Å². The van der Waals surface area contributed by atoms with Gasteiger partial charge in [0, 0.05) is 23.7 Å². The normalized spacial score (nSPS) is 16.7. The first kappa shape index (κ1) is 30.9. The number of oxazole rings is 1. The van der Waals surface area contributed by atoms with Crippen molar-refractivity contribution in [3.05, 3.63) is 157 Å². The highest BCUT2D eigenvalue weighted by Gasteiger charge is 2.52. The van der Waals surface area contributed by atoms with Crippen LogP contribution in [0.15, 0.2) is 150 Å². The predicted octanol–water partition coefficient (Wildman–Crippen LogP) is 9.27. The Hall–Kier alpha value is -4.71. The molecule has 1 saturated heterocycles. The van der Waals surface area contributed by atoms with E-state index in [2.05, 4.69) is 130 Å². The van der Waals surface area contributed by atoms with Gasteiger partial charge in [-0.2, -0.15) is 0 Å². The predicted molar refractivity (Wildman–Crippen MR) is 193 cm³/mol. The summed E-state index contributed by atoms with van der Waals surface area (Å²) in [6.45, 7) is 7.62. The summed E-state index contributed by atoms with van der Waals surface area (Å²) in [6.07, 6.45) is 1.55. The Labute approximate surface area is 279 Å². The molecule has 2 unspecified atom stereocenters. The first-order valence-electron chi connectivity index (χ1n) is 16.5. The van der Waals surface area contributed by atoms with E-state index in [1.165, 1.54) is 15.9 Å². The molecule has 5 heteroatoms. The smallest absolute Gasteiger partial charge is 0.319 e. The van der Waals surface area contributed by atoms with Crippen LogP contribution < -0.4 is 14.8 Å². The van der Waals surface area contributed by atoms with Crippen LogP contribution in [0, 0.1) is 5.92 Å². The molecule has 0 saturated carbocycles. The third kappa shape index (κ3) is 6.21. The first-order chi connectivity index (χ1) is 22.9. The lowest BCUT2D eigenvalue weighted by Gasteiger charge is -2.43. The summed E-state index contributed by atoms with van der Waals surface area (Å²) in [5.74, 6) is 2.55. The van der Waals surface area contributed by atoms with Gasteiger partial charge in [-0.15, -0.1) is 0 Å². The van der Waals surface area contributed by atoms with Crippen LogP contribution in [0.3, 0.4) is 0 Å². The summed E-state index contributed by atoms with van der Waals surface area (Å²) in [5, 5.41) is 2.41. The van der Waals surface area contributed by atoms with Crippen LogP contribution in [0.2, 0.25) is 5.04 Å². The minimum absolute atomic E-state index is 0.117. The fourth-order valence-corrected chi connectivity index (χ4v) is 11.4. The van der Waals surface area contributed by atoms with Crippen molar-refractivity contribution in [1.29, 1.82) is 0 Å². The number of benzene rings is 5. The number of hydrogen-bond donors (Lipinski definition) is 0. The number of hydrogen-bond acceptors (Lipinski definition) is 4. The van der Waals surface area contributed by atoms with Gasteiger partial charge in [0.05, 0.1) is 0 Å². The molecule has 0 bridgehead atoms. The molecule has 0 aliphatic carbocycles. The zero-order valence-electron chi connectivity index (χ0n) is 27.3. The average molecular weight is 636 g/mol. The molecule has 47 heavy (non-hydrogen) atoms. The van der Waals surface area contributed by atoms with Crippen molar-refractivity contribution in [3.8, 4) is 28.3 Å². The maximum Gasteiger partial charge on any atom is 0.319 e. The first-order valence-corrected chi connectivity index (χ1v) is 18.5. The Morgan fingerprint density at radius 3 is 1.87 bits per heavy atom. The van der Waals surface area contributed by atoms with Crippen molar-refractivity contribution >= 4 is 18.7 Å². The fraction of sp³-hybridized carbons (Fsp3) is 0.214. The molecule has 1 aliphatic rings. The Kier molecular flexibility index (Phi) is 8.67. The van der Waals surface area contributed by atoms with Gasteiger partial charge in [0.1, 0.15) is 17.5 Å². The van der Waals surface area contributed by atoms with Gasteiger partial charge < -0.3 is 13.6 Å². The molecular formula is C42H41NO3Si. The Morgan fingerprint density at radius 1 is 0.702 bits per heavy atom. The number of ether oxygens (including phenoxy) is 1. The summed E-state index contributed by atoms with van der Waals surface area (Å²) in [4.78, 5) is 5.08. The molecule has 236 valence electrons. The van der Waals surface area contributed by atoms with Crippen LogP contribution in [0.25, 0.3) is 22.6 Å². The number of nitrogens with zero attached hydrogens (tertiary/aromatic N) is 1. The van der Waals surface area contributed by atoms with E-state index in [0.717, 1.165) is 41.2 Å². The lowest BCUT2D eigenvalue weighted by atomic mass is 9.93. The van der Waals surface area contributed by atoms with Crippen LogP contribution in [-0.2, 0) is 11.2 Å². The standard InChI is InChI=1S/C42H41NO3Si/c1-42(2,3)47(36-23-12-6-13-24-36,37-25-14-7-15-26-37)46-35-22-16-17-31(30-35)29-34-27-28-44-40(34)41-43-38(32-18-8-4-9-19-32)39(45-41)33-20-10-5-11-21-33/h4-26,30,34,40H,27-29H2,1-3H3. The maximum absolute atomic E-state index is 7.35. The molecule has 1 aromatic heterocycles. The zero-order valence-corrected chi connectivity index (χ0v) is 28.3. The van der Waals surface area contributed by atoms with Crippen LogP contribution in [-0.4, -0.2) is 19.9 Å². The summed E-state index contributed by atoms with van der Waals surface area (Å²) in [7, 11) is -2.74. The number of rotatable bonds is 9.